The smallest absolute Gasteiger partial charge is 0.254 e. The molecule has 0 fully saturated rings. The molecule has 2 aromatic carbocycles. The van der Waals surface area contributed by atoms with Gasteiger partial charge in [-0.3, -0.25) is 4.79 Å². The molecule has 0 saturated heterocycles. The number of carbonyl (C=O) groups is 1. The van der Waals surface area contributed by atoms with Gasteiger partial charge in [-0.15, -0.1) is 0 Å². The molecule has 3 rings (SSSR count). The van der Waals surface area contributed by atoms with Crippen LogP contribution in [0.2, 0.25) is 0 Å². The third-order valence-electron chi connectivity index (χ3n) is 4.13. The fourth-order valence-electron chi connectivity index (χ4n) is 2.74. The van der Waals surface area contributed by atoms with Crippen molar-refractivity contribution < 1.29 is 18.3 Å². The molecule has 1 aromatic heterocycles. The number of hydrogen-bond donors (Lipinski definition) is 4. The summed E-state index contributed by atoms with van der Waals surface area (Å²) in [7, 11) is -3.12. The molecule has 1 amide bonds. The van der Waals surface area contributed by atoms with Gasteiger partial charge < -0.3 is 21.5 Å². The third-order valence-corrected chi connectivity index (χ3v) is 4.99. The summed E-state index contributed by atoms with van der Waals surface area (Å²) in [6.07, 6.45) is 2.48. The van der Waals surface area contributed by atoms with Crippen LogP contribution >= 0.6 is 0 Å². The Balaban J connectivity index is 1.86. The second-order valence-corrected chi connectivity index (χ2v) is 8.79. The van der Waals surface area contributed by atoms with Crippen molar-refractivity contribution in [3.63, 3.8) is 0 Å². The Bertz CT molecular complexity index is 1160. The summed E-state index contributed by atoms with van der Waals surface area (Å²) < 4.78 is 22.8. The Hall–Kier alpha value is -3.50. The average Bonchev–Trinajstić information content (AvgIpc) is 2.69. The Kier molecular flexibility index (Phi) is 6.28. The van der Waals surface area contributed by atoms with Gasteiger partial charge in [0.1, 0.15) is 11.4 Å². The van der Waals surface area contributed by atoms with Crippen molar-refractivity contribution in [1.29, 1.82) is 0 Å². The van der Waals surface area contributed by atoms with Crippen molar-refractivity contribution in [1.82, 2.24) is 9.97 Å². The number of anilines is 4. The summed E-state index contributed by atoms with van der Waals surface area (Å²) in [6, 6.07) is 13.8. The molecule has 1 heterocycles. The minimum absolute atomic E-state index is 0.0462. The molecule has 0 unspecified atom stereocenters. The number of amides is 1. The number of benzene rings is 2. The van der Waals surface area contributed by atoms with Crippen LogP contribution in [0.25, 0.3) is 0 Å². The van der Waals surface area contributed by atoms with Crippen LogP contribution in [0.4, 0.5) is 23.1 Å². The first-order chi connectivity index (χ1) is 14.2. The standard InChI is InChI=1S/C20H21N5O4S/c1-30(28,29)12-13-6-8-15(9-7-13)23-20-22-10-16(18(21)27)19(25-20)24-17-5-3-2-4-14(17)11-26/h2-10,26H,11-12H2,1H3,(H2,21,27)(H2,22,23,24,25). The Morgan fingerprint density at radius 3 is 2.43 bits per heavy atom. The van der Waals surface area contributed by atoms with E-state index in [1.165, 1.54) is 12.5 Å². The SMILES string of the molecule is CS(=O)(=O)Cc1ccc(Nc2ncc(C(N)=O)c(Nc3ccccc3CO)n2)cc1. The van der Waals surface area contributed by atoms with Gasteiger partial charge in [-0.05, 0) is 23.8 Å². The lowest BCUT2D eigenvalue weighted by Gasteiger charge is -2.13. The van der Waals surface area contributed by atoms with E-state index in [0.717, 1.165) is 0 Å². The maximum absolute atomic E-state index is 11.8. The number of carbonyl (C=O) groups excluding carboxylic acids is 1. The van der Waals surface area contributed by atoms with Crippen molar-refractivity contribution in [3.8, 4) is 0 Å². The molecular weight excluding hydrogens is 406 g/mol. The highest BCUT2D eigenvalue weighted by atomic mass is 32.2. The first-order valence-electron chi connectivity index (χ1n) is 8.91. The van der Waals surface area contributed by atoms with Gasteiger partial charge in [0.05, 0.1) is 12.4 Å². The van der Waals surface area contributed by atoms with E-state index in [1.54, 1.807) is 48.5 Å². The number of sulfone groups is 1. The zero-order chi connectivity index (χ0) is 21.7. The van der Waals surface area contributed by atoms with Gasteiger partial charge in [0.25, 0.3) is 5.91 Å². The summed E-state index contributed by atoms with van der Waals surface area (Å²) in [6.45, 7) is -0.189. The second-order valence-electron chi connectivity index (χ2n) is 6.65. The topological polar surface area (TPSA) is 147 Å². The summed E-state index contributed by atoms with van der Waals surface area (Å²) in [5.74, 6) is -0.347. The largest absolute Gasteiger partial charge is 0.392 e. The molecule has 0 bridgehead atoms. The number of hydrogen-bond acceptors (Lipinski definition) is 8. The molecule has 0 saturated carbocycles. The maximum Gasteiger partial charge on any atom is 0.254 e. The first kappa shape index (κ1) is 21.2. The van der Waals surface area contributed by atoms with Gasteiger partial charge in [-0.25, -0.2) is 13.4 Å². The molecular formula is C20H21N5O4S. The molecule has 10 heteroatoms. The van der Waals surface area contributed by atoms with E-state index in [4.69, 9.17) is 5.73 Å². The van der Waals surface area contributed by atoms with Crippen LogP contribution in [0.5, 0.6) is 0 Å². The van der Waals surface area contributed by atoms with Crippen molar-refractivity contribution >= 4 is 38.9 Å². The highest BCUT2D eigenvalue weighted by Crippen LogP contribution is 2.24. The van der Waals surface area contributed by atoms with E-state index >= 15 is 0 Å². The zero-order valence-corrected chi connectivity index (χ0v) is 17.0. The molecule has 3 aromatic rings. The fourth-order valence-corrected chi connectivity index (χ4v) is 3.54. The minimum atomic E-state index is -3.12. The molecule has 0 radical (unpaired) electrons. The average molecular weight is 427 g/mol. The van der Waals surface area contributed by atoms with Crippen LogP contribution in [0.1, 0.15) is 21.5 Å². The number of rotatable bonds is 8. The molecule has 156 valence electrons. The van der Waals surface area contributed by atoms with Crippen LogP contribution in [0.15, 0.2) is 54.7 Å². The summed E-state index contributed by atoms with van der Waals surface area (Å²) >= 11 is 0. The molecule has 5 N–H and O–H groups in total. The van der Waals surface area contributed by atoms with Crippen molar-refractivity contribution in [2.24, 2.45) is 5.73 Å². The predicted molar refractivity (Wildman–Crippen MR) is 114 cm³/mol. The van der Waals surface area contributed by atoms with E-state index in [1.807, 2.05) is 0 Å². The van der Waals surface area contributed by atoms with Gasteiger partial charge in [-0.2, -0.15) is 4.98 Å². The van der Waals surface area contributed by atoms with Gasteiger partial charge >= 0.3 is 0 Å². The van der Waals surface area contributed by atoms with Crippen LogP contribution in [0.3, 0.4) is 0 Å². The number of nitrogens with two attached hydrogens (primary N) is 1. The summed E-state index contributed by atoms with van der Waals surface area (Å²) in [4.78, 5) is 20.2. The van der Waals surface area contributed by atoms with Gasteiger partial charge in [0.15, 0.2) is 9.84 Å². The van der Waals surface area contributed by atoms with Gasteiger partial charge in [-0.1, -0.05) is 30.3 Å². The number of para-hydroxylation sites is 1. The summed E-state index contributed by atoms with van der Waals surface area (Å²) in [5, 5.41) is 15.5. The Morgan fingerprint density at radius 1 is 1.10 bits per heavy atom. The van der Waals surface area contributed by atoms with Crippen LogP contribution in [-0.4, -0.2) is 35.7 Å². The van der Waals surface area contributed by atoms with E-state index in [2.05, 4.69) is 20.6 Å². The maximum atomic E-state index is 11.8. The zero-order valence-electron chi connectivity index (χ0n) is 16.2. The number of nitrogens with one attached hydrogen (secondary N) is 2. The number of aliphatic hydroxyl groups excluding tert-OH is 1. The number of aliphatic hydroxyl groups is 1. The molecule has 0 spiro atoms. The van der Waals surface area contributed by atoms with Crippen molar-refractivity contribution in [2.45, 2.75) is 12.4 Å². The lowest BCUT2D eigenvalue weighted by molar-refractivity contribution is 0.100. The van der Waals surface area contributed by atoms with E-state index < -0.39 is 15.7 Å². The monoisotopic (exact) mass is 427 g/mol. The molecule has 0 aliphatic carbocycles. The van der Waals surface area contributed by atoms with Crippen LogP contribution in [0, 0.1) is 0 Å². The van der Waals surface area contributed by atoms with Crippen LogP contribution in [-0.2, 0) is 22.2 Å². The lowest BCUT2D eigenvalue weighted by Crippen LogP contribution is -2.16. The third kappa shape index (κ3) is 5.52. The Labute approximate surface area is 173 Å². The van der Waals surface area contributed by atoms with Crippen molar-refractivity contribution in [3.05, 3.63) is 71.4 Å². The van der Waals surface area contributed by atoms with Crippen LogP contribution < -0.4 is 16.4 Å². The highest BCUT2D eigenvalue weighted by Gasteiger charge is 2.14. The van der Waals surface area contributed by atoms with Gasteiger partial charge in [0.2, 0.25) is 5.95 Å². The molecule has 30 heavy (non-hydrogen) atoms. The van der Waals surface area contributed by atoms with Gasteiger partial charge in [0, 0.05) is 29.4 Å². The first-order valence-corrected chi connectivity index (χ1v) is 11.0. The fraction of sp³-hybridized carbons (Fsp3) is 0.150. The molecule has 0 aliphatic heterocycles. The van der Waals surface area contributed by atoms with E-state index in [-0.39, 0.29) is 29.7 Å². The molecule has 9 nitrogen and oxygen atoms in total. The quantitative estimate of drug-likeness (QED) is 0.427. The lowest BCUT2D eigenvalue weighted by atomic mass is 10.2. The number of primary amides is 1. The Morgan fingerprint density at radius 2 is 1.80 bits per heavy atom. The minimum Gasteiger partial charge on any atom is -0.392 e. The normalized spacial score (nSPS) is 11.1. The van der Waals surface area contributed by atoms with Crippen molar-refractivity contribution in [2.75, 3.05) is 16.9 Å². The second kappa shape index (κ2) is 8.89. The number of aromatic nitrogens is 2. The summed E-state index contributed by atoms with van der Waals surface area (Å²) in [5.41, 5.74) is 8.04. The number of nitrogens with zero attached hydrogens (tertiary/aromatic N) is 2. The highest BCUT2D eigenvalue weighted by molar-refractivity contribution is 7.89. The van der Waals surface area contributed by atoms with E-state index in [0.29, 0.717) is 22.5 Å². The molecule has 0 atom stereocenters. The predicted octanol–water partition coefficient (Wildman–Crippen LogP) is 2.10. The molecule has 0 aliphatic rings. The van der Waals surface area contributed by atoms with E-state index in [9.17, 15) is 18.3 Å².